The summed E-state index contributed by atoms with van der Waals surface area (Å²) in [5.41, 5.74) is 2.76. The molecule has 6 heteroatoms. The van der Waals surface area contributed by atoms with Crippen molar-refractivity contribution in [3.63, 3.8) is 0 Å². The standard InChI is InChI=1S/C30H29NO5/c1-33-26-10-6-7-11-27(26)36-19-25-24-18-29(35-3)28(34-2)17-22(24)14-15-31(25)30(32)23-13-12-20-8-4-5-9-21(20)16-23/h4-13,16-18,25H,14-15,19H2,1-3H3/t25-/m0/s1. The highest BCUT2D eigenvalue weighted by Crippen LogP contribution is 2.39. The Kier molecular flexibility index (Phi) is 6.67. The van der Waals surface area contributed by atoms with Crippen LogP contribution in [0, 0.1) is 0 Å². The number of methoxy groups -OCH3 is 3. The first-order valence-electron chi connectivity index (χ1n) is 11.9. The maximum absolute atomic E-state index is 13.9. The van der Waals surface area contributed by atoms with Crippen molar-refractivity contribution < 1.29 is 23.7 Å². The summed E-state index contributed by atoms with van der Waals surface area (Å²) in [4.78, 5) is 15.8. The lowest BCUT2D eigenvalue weighted by Gasteiger charge is -2.37. The van der Waals surface area contributed by atoms with Crippen molar-refractivity contribution >= 4 is 16.7 Å². The fourth-order valence-corrected chi connectivity index (χ4v) is 4.85. The van der Waals surface area contributed by atoms with E-state index in [0.29, 0.717) is 41.5 Å². The van der Waals surface area contributed by atoms with Crippen molar-refractivity contribution in [1.29, 1.82) is 0 Å². The van der Waals surface area contributed by atoms with E-state index in [4.69, 9.17) is 18.9 Å². The van der Waals surface area contributed by atoms with Gasteiger partial charge in [0.05, 0.1) is 27.4 Å². The van der Waals surface area contributed by atoms with Gasteiger partial charge >= 0.3 is 0 Å². The monoisotopic (exact) mass is 483 g/mol. The normalized spacial score (nSPS) is 14.8. The van der Waals surface area contributed by atoms with Crippen LogP contribution in [-0.2, 0) is 6.42 Å². The lowest BCUT2D eigenvalue weighted by Crippen LogP contribution is -2.42. The van der Waals surface area contributed by atoms with Gasteiger partial charge in [0.2, 0.25) is 0 Å². The Hall–Kier alpha value is -4.19. The predicted molar refractivity (Wildman–Crippen MR) is 139 cm³/mol. The van der Waals surface area contributed by atoms with Crippen molar-refractivity contribution in [3.05, 3.63) is 95.6 Å². The molecule has 0 N–H and O–H groups in total. The summed E-state index contributed by atoms with van der Waals surface area (Å²) in [6.07, 6.45) is 0.708. The zero-order valence-corrected chi connectivity index (χ0v) is 20.7. The minimum atomic E-state index is -0.322. The van der Waals surface area contributed by atoms with Crippen LogP contribution >= 0.6 is 0 Å². The second kappa shape index (κ2) is 10.2. The Labute approximate surface area is 211 Å². The van der Waals surface area contributed by atoms with Gasteiger partial charge in [-0.25, -0.2) is 0 Å². The molecule has 0 saturated carbocycles. The summed E-state index contributed by atoms with van der Waals surface area (Å²) >= 11 is 0. The molecule has 5 rings (SSSR count). The van der Waals surface area contributed by atoms with Crippen molar-refractivity contribution in [2.45, 2.75) is 12.5 Å². The highest BCUT2D eigenvalue weighted by Gasteiger charge is 2.33. The Bertz CT molecular complexity index is 1400. The summed E-state index contributed by atoms with van der Waals surface area (Å²) < 4.78 is 22.8. The summed E-state index contributed by atoms with van der Waals surface area (Å²) in [6.45, 7) is 0.830. The Morgan fingerprint density at radius 1 is 0.778 bits per heavy atom. The van der Waals surface area contributed by atoms with Gasteiger partial charge in [-0.15, -0.1) is 0 Å². The van der Waals surface area contributed by atoms with Gasteiger partial charge in [0.15, 0.2) is 23.0 Å². The summed E-state index contributed by atoms with van der Waals surface area (Å²) in [7, 11) is 4.86. The largest absolute Gasteiger partial charge is 0.493 e. The third kappa shape index (κ3) is 4.42. The number of fused-ring (bicyclic) bond motifs is 2. The molecule has 36 heavy (non-hydrogen) atoms. The minimum absolute atomic E-state index is 0.0326. The fraction of sp³-hybridized carbons (Fsp3) is 0.233. The van der Waals surface area contributed by atoms with Gasteiger partial charge in [-0.3, -0.25) is 4.79 Å². The quantitative estimate of drug-likeness (QED) is 0.338. The highest BCUT2D eigenvalue weighted by molar-refractivity contribution is 5.99. The fourth-order valence-electron chi connectivity index (χ4n) is 4.85. The van der Waals surface area contributed by atoms with Gasteiger partial charge in [0.25, 0.3) is 5.91 Å². The first-order chi connectivity index (χ1) is 17.6. The summed E-state index contributed by atoms with van der Waals surface area (Å²) in [5, 5.41) is 2.14. The number of rotatable bonds is 7. The van der Waals surface area contributed by atoms with Crippen LogP contribution in [0.4, 0.5) is 0 Å². The van der Waals surface area contributed by atoms with E-state index in [9.17, 15) is 4.79 Å². The second-order valence-electron chi connectivity index (χ2n) is 8.69. The van der Waals surface area contributed by atoms with E-state index in [-0.39, 0.29) is 18.6 Å². The third-order valence-electron chi connectivity index (χ3n) is 6.73. The second-order valence-corrected chi connectivity index (χ2v) is 8.69. The molecule has 0 radical (unpaired) electrons. The molecule has 0 unspecified atom stereocenters. The zero-order chi connectivity index (χ0) is 25.1. The number of amides is 1. The van der Waals surface area contributed by atoms with Gasteiger partial charge in [0.1, 0.15) is 6.61 Å². The van der Waals surface area contributed by atoms with Gasteiger partial charge in [0, 0.05) is 12.1 Å². The molecule has 0 saturated heterocycles. The molecule has 4 aromatic carbocycles. The van der Waals surface area contributed by atoms with E-state index in [1.54, 1.807) is 21.3 Å². The topological polar surface area (TPSA) is 57.2 Å². The molecule has 184 valence electrons. The minimum Gasteiger partial charge on any atom is -0.493 e. The summed E-state index contributed by atoms with van der Waals surface area (Å²) in [6, 6.07) is 25.1. The Morgan fingerprint density at radius 2 is 1.44 bits per heavy atom. The van der Waals surface area contributed by atoms with Crippen molar-refractivity contribution in [3.8, 4) is 23.0 Å². The first-order valence-corrected chi connectivity index (χ1v) is 11.9. The average molecular weight is 484 g/mol. The average Bonchev–Trinajstić information content (AvgIpc) is 2.94. The number of nitrogens with zero attached hydrogens (tertiary/aromatic N) is 1. The SMILES string of the molecule is COc1cc2c(cc1OC)[C@H](COc1ccccc1OC)N(C(=O)c1ccc3ccccc3c1)CC2. The van der Waals surface area contributed by atoms with Crippen LogP contribution in [0.15, 0.2) is 78.9 Å². The molecule has 1 heterocycles. The molecule has 0 aromatic heterocycles. The van der Waals surface area contributed by atoms with Gasteiger partial charge in [-0.1, -0.05) is 42.5 Å². The number of ether oxygens (including phenoxy) is 4. The van der Waals surface area contributed by atoms with E-state index in [0.717, 1.165) is 21.9 Å². The number of benzene rings is 4. The molecule has 1 aliphatic heterocycles. The van der Waals surface area contributed by atoms with Crippen LogP contribution in [0.25, 0.3) is 10.8 Å². The molecule has 0 bridgehead atoms. The molecule has 6 nitrogen and oxygen atoms in total. The lowest BCUT2D eigenvalue weighted by atomic mass is 9.91. The smallest absolute Gasteiger partial charge is 0.254 e. The van der Waals surface area contributed by atoms with Crippen LogP contribution in [0.5, 0.6) is 23.0 Å². The van der Waals surface area contributed by atoms with E-state index in [1.807, 2.05) is 83.8 Å². The number of hydrogen-bond donors (Lipinski definition) is 0. The van der Waals surface area contributed by atoms with E-state index >= 15 is 0 Å². The Balaban J connectivity index is 1.53. The molecular formula is C30H29NO5. The summed E-state index contributed by atoms with van der Waals surface area (Å²) in [5.74, 6) is 2.54. The molecule has 0 fully saturated rings. The molecule has 1 amide bonds. The third-order valence-corrected chi connectivity index (χ3v) is 6.73. The van der Waals surface area contributed by atoms with Crippen LogP contribution in [-0.4, -0.2) is 45.3 Å². The van der Waals surface area contributed by atoms with Crippen LogP contribution in [0.3, 0.4) is 0 Å². The van der Waals surface area contributed by atoms with Gasteiger partial charge in [-0.05, 0) is 64.7 Å². The predicted octanol–water partition coefficient (Wildman–Crippen LogP) is 5.68. The van der Waals surface area contributed by atoms with Crippen molar-refractivity contribution in [2.24, 2.45) is 0 Å². The molecule has 0 aliphatic carbocycles. The number of hydrogen-bond acceptors (Lipinski definition) is 5. The lowest BCUT2D eigenvalue weighted by molar-refractivity contribution is 0.0587. The number of para-hydroxylation sites is 2. The molecular weight excluding hydrogens is 454 g/mol. The van der Waals surface area contributed by atoms with Crippen molar-refractivity contribution in [2.75, 3.05) is 34.5 Å². The zero-order valence-electron chi connectivity index (χ0n) is 20.7. The van der Waals surface area contributed by atoms with Crippen LogP contribution < -0.4 is 18.9 Å². The molecule has 0 spiro atoms. The maximum atomic E-state index is 13.9. The molecule has 4 aromatic rings. The molecule has 1 aliphatic rings. The van der Waals surface area contributed by atoms with Gasteiger partial charge < -0.3 is 23.8 Å². The molecule has 1 atom stereocenters. The Morgan fingerprint density at radius 3 is 2.19 bits per heavy atom. The first kappa shape index (κ1) is 23.5. The van der Waals surface area contributed by atoms with Gasteiger partial charge in [-0.2, -0.15) is 0 Å². The van der Waals surface area contributed by atoms with E-state index in [2.05, 4.69) is 0 Å². The number of carbonyl (C=O) groups excluding carboxylic acids is 1. The van der Waals surface area contributed by atoms with E-state index in [1.165, 1.54) is 0 Å². The van der Waals surface area contributed by atoms with Crippen molar-refractivity contribution in [1.82, 2.24) is 4.90 Å². The maximum Gasteiger partial charge on any atom is 0.254 e. The van der Waals surface area contributed by atoms with E-state index < -0.39 is 0 Å². The number of carbonyl (C=O) groups is 1. The van der Waals surface area contributed by atoms with Crippen LogP contribution in [0.1, 0.15) is 27.5 Å². The highest BCUT2D eigenvalue weighted by atomic mass is 16.5. The van der Waals surface area contributed by atoms with Crippen LogP contribution in [0.2, 0.25) is 0 Å².